The van der Waals surface area contributed by atoms with E-state index in [1.165, 1.54) is 6.20 Å². The molecule has 0 unspecified atom stereocenters. The molecule has 0 aliphatic carbocycles. The van der Waals surface area contributed by atoms with Crippen molar-refractivity contribution in [2.24, 2.45) is 0 Å². The highest BCUT2D eigenvalue weighted by Gasteiger charge is 2.21. The van der Waals surface area contributed by atoms with Crippen molar-refractivity contribution in [3.05, 3.63) is 11.1 Å². The van der Waals surface area contributed by atoms with Gasteiger partial charge in [0.25, 0.3) is 5.91 Å². The van der Waals surface area contributed by atoms with E-state index in [4.69, 9.17) is 5.26 Å². The normalized spacial score (nSPS) is 17.6. The molecule has 1 aromatic rings. The Balaban J connectivity index is 1.79. The monoisotopic (exact) mass is 251 g/mol. The Bertz CT molecular complexity index is 405. The summed E-state index contributed by atoms with van der Waals surface area (Å²) in [4.78, 5) is 14.4. The van der Waals surface area contributed by atoms with Crippen molar-refractivity contribution in [2.45, 2.75) is 18.9 Å². The summed E-state index contributed by atoms with van der Waals surface area (Å²) in [6.07, 6.45) is 3.25. The minimum absolute atomic E-state index is 0.0984. The second-order valence-corrected chi connectivity index (χ2v) is 4.75. The molecule has 0 bridgehead atoms. The highest BCUT2D eigenvalue weighted by atomic mass is 32.1. The molecule has 0 saturated carbocycles. The maximum absolute atomic E-state index is 11.7. The van der Waals surface area contributed by atoms with Crippen molar-refractivity contribution >= 4 is 17.4 Å². The summed E-state index contributed by atoms with van der Waals surface area (Å²) >= 11 is 1.10. The van der Waals surface area contributed by atoms with Crippen molar-refractivity contribution in [1.29, 1.82) is 5.26 Å². The molecule has 1 amide bonds. The fourth-order valence-electron chi connectivity index (χ4n) is 1.86. The van der Waals surface area contributed by atoms with Gasteiger partial charge in [-0.05, 0) is 24.4 Å². The highest BCUT2D eigenvalue weighted by molar-refractivity contribution is 7.07. The number of amides is 1. The molecule has 1 aliphatic heterocycles. The third kappa shape index (κ3) is 3.22. The number of nitriles is 1. The third-order valence-electron chi connectivity index (χ3n) is 2.80. The number of hydrogen-bond acceptors (Lipinski definition) is 6. The number of carbonyl (C=O) groups excluding carboxylic acids is 1. The van der Waals surface area contributed by atoms with Crippen LogP contribution in [0, 0.1) is 11.3 Å². The molecule has 7 heteroatoms. The van der Waals surface area contributed by atoms with E-state index in [1.807, 2.05) is 0 Å². The predicted octanol–water partition coefficient (Wildman–Crippen LogP) is 0.256. The van der Waals surface area contributed by atoms with Crippen LogP contribution in [0.2, 0.25) is 0 Å². The topological polar surface area (TPSA) is 81.9 Å². The molecule has 1 saturated heterocycles. The first-order valence-corrected chi connectivity index (χ1v) is 6.24. The summed E-state index contributed by atoms with van der Waals surface area (Å²) in [6, 6.07) is 2.33. The maximum Gasteiger partial charge on any atom is 0.264 e. The fourth-order valence-corrected chi connectivity index (χ4v) is 2.28. The van der Waals surface area contributed by atoms with E-state index in [0.29, 0.717) is 11.4 Å². The van der Waals surface area contributed by atoms with Gasteiger partial charge in [0.05, 0.1) is 18.8 Å². The van der Waals surface area contributed by atoms with Gasteiger partial charge in [0.15, 0.2) is 0 Å². The first kappa shape index (κ1) is 12.0. The number of carbonyl (C=O) groups is 1. The Morgan fingerprint density at radius 2 is 2.41 bits per heavy atom. The maximum atomic E-state index is 11.7. The van der Waals surface area contributed by atoms with Gasteiger partial charge >= 0.3 is 0 Å². The number of nitrogens with one attached hydrogen (secondary N) is 1. The molecular formula is C10H13N5OS. The summed E-state index contributed by atoms with van der Waals surface area (Å²) in [6.45, 7) is 2.19. The van der Waals surface area contributed by atoms with E-state index in [1.54, 1.807) is 0 Å². The molecule has 2 heterocycles. The van der Waals surface area contributed by atoms with Gasteiger partial charge in [-0.3, -0.25) is 9.69 Å². The lowest BCUT2D eigenvalue weighted by Crippen LogP contribution is -2.44. The summed E-state index contributed by atoms with van der Waals surface area (Å²) in [5.74, 6) is -0.0984. The van der Waals surface area contributed by atoms with E-state index in [9.17, 15) is 4.79 Å². The van der Waals surface area contributed by atoms with Gasteiger partial charge in [0, 0.05) is 19.1 Å². The van der Waals surface area contributed by atoms with Crippen LogP contribution in [0.5, 0.6) is 0 Å². The summed E-state index contributed by atoms with van der Waals surface area (Å²) in [5, 5.41) is 15.2. The van der Waals surface area contributed by atoms with Gasteiger partial charge in [-0.2, -0.15) is 5.26 Å². The predicted molar refractivity (Wildman–Crippen MR) is 62.5 cm³/mol. The van der Waals surface area contributed by atoms with Gasteiger partial charge in [0.2, 0.25) is 0 Å². The van der Waals surface area contributed by atoms with Crippen LogP contribution in [0.3, 0.4) is 0 Å². The van der Waals surface area contributed by atoms with E-state index < -0.39 is 0 Å². The Morgan fingerprint density at radius 1 is 1.65 bits per heavy atom. The van der Waals surface area contributed by atoms with Gasteiger partial charge in [0.1, 0.15) is 4.88 Å². The van der Waals surface area contributed by atoms with Crippen molar-refractivity contribution in [1.82, 2.24) is 19.8 Å². The third-order valence-corrected chi connectivity index (χ3v) is 3.47. The largest absolute Gasteiger partial charge is 0.348 e. The van der Waals surface area contributed by atoms with Gasteiger partial charge in [-0.25, -0.2) is 0 Å². The summed E-state index contributed by atoms with van der Waals surface area (Å²) < 4.78 is 3.66. The van der Waals surface area contributed by atoms with E-state index in [2.05, 4.69) is 25.9 Å². The van der Waals surface area contributed by atoms with Crippen LogP contribution in [0.25, 0.3) is 0 Å². The van der Waals surface area contributed by atoms with Gasteiger partial charge < -0.3 is 5.32 Å². The Labute approximate surface area is 103 Å². The first-order chi connectivity index (χ1) is 8.29. The Hall–Kier alpha value is -1.52. The summed E-state index contributed by atoms with van der Waals surface area (Å²) in [7, 11) is 0. The zero-order chi connectivity index (χ0) is 12.1. The molecule has 1 fully saturated rings. The minimum atomic E-state index is -0.0984. The smallest absolute Gasteiger partial charge is 0.264 e. The molecule has 1 aromatic heterocycles. The van der Waals surface area contributed by atoms with Crippen molar-refractivity contribution in [2.75, 3.05) is 19.6 Å². The van der Waals surface area contributed by atoms with Gasteiger partial charge in [-0.1, -0.05) is 4.49 Å². The van der Waals surface area contributed by atoms with Crippen LogP contribution in [-0.4, -0.2) is 46.1 Å². The van der Waals surface area contributed by atoms with Crippen LogP contribution < -0.4 is 5.32 Å². The highest BCUT2D eigenvalue weighted by Crippen LogP contribution is 2.11. The molecular weight excluding hydrogens is 238 g/mol. The summed E-state index contributed by atoms with van der Waals surface area (Å²) in [5.41, 5.74) is 0. The van der Waals surface area contributed by atoms with Crippen molar-refractivity contribution in [3.8, 4) is 6.07 Å². The Kier molecular flexibility index (Phi) is 4.01. The molecule has 2 rings (SSSR count). The quantitative estimate of drug-likeness (QED) is 0.779. The molecule has 6 nitrogen and oxygen atoms in total. The van der Waals surface area contributed by atoms with Crippen LogP contribution in [0.1, 0.15) is 22.5 Å². The van der Waals surface area contributed by atoms with Crippen LogP contribution in [-0.2, 0) is 0 Å². The van der Waals surface area contributed by atoms with Crippen LogP contribution >= 0.6 is 11.5 Å². The molecule has 0 spiro atoms. The molecule has 0 atom stereocenters. The lowest BCUT2D eigenvalue weighted by atomic mass is 10.1. The first-order valence-electron chi connectivity index (χ1n) is 5.47. The Morgan fingerprint density at radius 3 is 3.00 bits per heavy atom. The van der Waals surface area contributed by atoms with Gasteiger partial charge in [-0.15, -0.1) is 5.10 Å². The average Bonchev–Trinajstić information content (AvgIpc) is 2.86. The molecule has 0 aromatic carbocycles. The minimum Gasteiger partial charge on any atom is -0.348 e. The lowest BCUT2D eigenvalue weighted by molar-refractivity contribution is 0.0918. The molecule has 0 radical (unpaired) electrons. The van der Waals surface area contributed by atoms with E-state index in [-0.39, 0.29) is 11.9 Å². The second-order valence-electron chi connectivity index (χ2n) is 3.96. The van der Waals surface area contributed by atoms with Crippen LogP contribution in [0.15, 0.2) is 6.20 Å². The number of piperidine rings is 1. The fraction of sp³-hybridized carbons (Fsp3) is 0.600. The number of nitrogens with zero attached hydrogens (tertiary/aromatic N) is 4. The SMILES string of the molecule is N#CCN1CCC(NC(=O)c2cnns2)CC1. The van der Waals surface area contributed by atoms with Crippen LogP contribution in [0.4, 0.5) is 0 Å². The molecule has 90 valence electrons. The van der Waals surface area contributed by atoms with E-state index in [0.717, 1.165) is 37.5 Å². The van der Waals surface area contributed by atoms with Crippen molar-refractivity contribution < 1.29 is 4.79 Å². The standard InChI is InChI=1S/C10H13N5OS/c11-3-6-15-4-1-8(2-5-15)13-10(16)9-7-12-14-17-9/h7-8H,1-2,4-6H2,(H,13,16). The number of hydrogen-bond donors (Lipinski definition) is 1. The lowest BCUT2D eigenvalue weighted by Gasteiger charge is -2.30. The average molecular weight is 251 g/mol. The molecule has 1 N–H and O–H groups in total. The van der Waals surface area contributed by atoms with E-state index >= 15 is 0 Å². The van der Waals surface area contributed by atoms with Crippen molar-refractivity contribution in [3.63, 3.8) is 0 Å². The molecule has 1 aliphatic rings. The second kappa shape index (κ2) is 5.70. The zero-order valence-electron chi connectivity index (χ0n) is 9.30. The molecule has 17 heavy (non-hydrogen) atoms. The number of likely N-dealkylation sites (tertiary alicyclic amines) is 1. The number of aromatic nitrogens is 2. The zero-order valence-corrected chi connectivity index (χ0v) is 10.1. The number of rotatable bonds is 3.